The third-order valence-corrected chi connectivity index (χ3v) is 3.36. The summed E-state index contributed by atoms with van der Waals surface area (Å²) in [5, 5.41) is 6.48. The van der Waals surface area contributed by atoms with E-state index in [9.17, 15) is 9.59 Å². The molecule has 4 nitrogen and oxygen atoms in total. The van der Waals surface area contributed by atoms with E-state index in [2.05, 4.69) is 16.7 Å². The lowest BCUT2D eigenvalue weighted by atomic mass is 10.2. The van der Waals surface area contributed by atoms with Gasteiger partial charge in [0.15, 0.2) is 6.29 Å². The molecule has 1 rings (SSSR count). The first kappa shape index (κ1) is 20.9. The van der Waals surface area contributed by atoms with Crippen LogP contribution in [0.1, 0.15) is 26.7 Å². The van der Waals surface area contributed by atoms with E-state index in [0.29, 0.717) is 5.70 Å². The Bertz CT molecular complexity index is 725. The van der Waals surface area contributed by atoms with Crippen LogP contribution in [0.3, 0.4) is 0 Å². The summed E-state index contributed by atoms with van der Waals surface area (Å²) in [6.45, 7) is 3.92. The number of carbonyl (C=O) groups excluding carboxylic acids is 2. The van der Waals surface area contributed by atoms with Gasteiger partial charge in [-0.2, -0.15) is 0 Å². The molecular weight excluding hydrogens is 324 g/mol. The van der Waals surface area contributed by atoms with Gasteiger partial charge in [0, 0.05) is 5.70 Å². The molecule has 136 valence electrons. The molecule has 0 aromatic heterocycles. The molecule has 1 aromatic rings. The summed E-state index contributed by atoms with van der Waals surface area (Å²) in [5.74, 6) is 0. The van der Waals surface area contributed by atoms with Crippen molar-refractivity contribution in [1.29, 1.82) is 0 Å². The molecule has 0 atom stereocenters. The monoisotopic (exact) mass is 350 g/mol. The summed E-state index contributed by atoms with van der Waals surface area (Å²) in [4.78, 5) is 21.5. The number of anilines is 2. The summed E-state index contributed by atoms with van der Waals surface area (Å²) in [6, 6.07) is 7.71. The zero-order chi connectivity index (χ0) is 19.0. The fourth-order valence-electron chi connectivity index (χ4n) is 2.11. The van der Waals surface area contributed by atoms with E-state index >= 15 is 0 Å². The smallest absolute Gasteiger partial charge is 0.165 e. The van der Waals surface area contributed by atoms with Crippen LogP contribution in [0.25, 0.3) is 0 Å². The number of unbranched alkanes of at least 4 members (excludes halogenated alkanes) is 1. The summed E-state index contributed by atoms with van der Waals surface area (Å²) >= 11 is 0. The van der Waals surface area contributed by atoms with Crippen LogP contribution in [0, 0.1) is 0 Å². The molecule has 0 aliphatic heterocycles. The summed E-state index contributed by atoms with van der Waals surface area (Å²) in [6.07, 6.45) is 17.9. The maximum absolute atomic E-state index is 11.3. The van der Waals surface area contributed by atoms with Crippen molar-refractivity contribution in [2.24, 2.45) is 0 Å². The number of benzene rings is 1. The minimum absolute atomic E-state index is 0.546. The van der Waals surface area contributed by atoms with Crippen molar-refractivity contribution >= 4 is 23.9 Å². The number of rotatable bonds is 11. The molecule has 0 spiro atoms. The molecule has 2 N–H and O–H groups in total. The van der Waals surface area contributed by atoms with Crippen molar-refractivity contribution in [2.75, 3.05) is 10.6 Å². The fourth-order valence-corrected chi connectivity index (χ4v) is 2.11. The number of nitrogens with one attached hydrogen (secondary N) is 2. The van der Waals surface area contributed by atoms with Crippen LogP contribution in [-0.4, -0.2) is 12.6 Å². The van der Waals surface area contributed by atoms with Gasteiger partial charge in [0.1, 0.15) is 6.29 Å². The van der Waals surface area contributed by atoms with Crippen molar-refractivity contribution in [1.82, 2.24) is 0 Å². The zero-order valence-corrected chi connectivity index (χ0v) is 15.3. The van der Waals surface area contributed by atoms with Crippen molar-refractivity contribution in [2.45, 2.75) is 26.7 Å². The number of hydrogen-bond donors (Lipinski definition) is 2. The van der Waals surface area contributed by atoms with Crippen LogP contribution in [0.2, 0.25) is 0 Å². The van der Waals surface area contributed by atoms with E-state index in [1.165, 1.54) is 6.08 Å². The van der Waals surface area contributed by atoms with Crippen LogP contribution < -0.4 is 10.6 Å². The molecule has 0 heterocycles. The molecule has 0 unspecified atom stereocenters. The fraction of sp³-hybridized carbons (Fsp3) is 0.182. The Morgan fingerprint density at radius 3 is 2.31 bits per heavy atom. The van der Waals surface area contributed by atoms with Crippen molar-refractivity contribution in [3.63, 3.8) is 0 Å². The zero-order valence-electron chi connectivity index (χ0n) is 15.3. The SMILES string of the molecule is C/C=C\CC/C=C(\C=O)Nc1ccccc1N/C(C)=C/C=C\C=C/C=O. The first-order chi connectivity index (χ1) is 12.7. The van der Waals surface area contributed by atoms with Crippen LogP contribution >= 0.6 is 0 Å². The Labute approximate surface area is 155 Å². The number of para-hydroxylation sites is 2. The normalized spacial score (nSPS) is 12.8. The van der Waals surface area contributed by atoms with Crippen LogP contribution in [0.4, 0.5) is 11.4 Å². The molecule has 0 saturated carbocycles. The largest absolute Gasteiger partial charge is 0.357 e. The molecule has 0 radical (unpaired) electrons. The first-order valence-electron chi connectivity index (χ1n) is 8.56. The van der Waals surface area contributed by atoms with E-state index < -0.39 is 0 Å². The van der Waals surface area contributed by atoms with Gasteiger partial charge in [0.05, 0.1) is 17.1 Å². The lowest BCUT2D eigenvalue weighted by Gasteiger charge is -2.14. The number of aldehydes is 2. The second-order valence-corrected chi connectivity index (χ2v) is 5.47. The summed E-state index contributed by atoms with van der Waals surface area (Å²) in [7, 11) is 0. The third-order valence-electron chi connectivity index (χ3n) is 3.36. The topological polar surface area (TPSA) is 58.2 Å². The first-order valence-corrected chi connectivity index (χ1v) is 8.56. The predicted molar refractivity (Wildman–Crippen MR) is 110 cm³/mol. The molecule has 0 aliphatic carbocycles. The maximum atomic E-state index is 11.3. The van der Waals surface area contributed by atoms with Gasteiger partial charge < -0.3 is 10.6 Å². The highest BCUT2D eigenvalue weighted by molar-refractivity contribution is 5.83. The summed E-state index contributed by atoms with van der Waals surface area (Å²) in [5.41, 5.74) is 3.18. The number of carbonyl (C=O) groups is 2. The Morgan fingerprint density at radius 1 is 0.962 bits per heavy atom. The number of allylic oxidation sites excluding steroid dienone is 10. The predicted octanol–water partition coefficient (Wildman–Crippen LogP) is 5.16. The molecule has 26 heavy (non-hydrogen) atoms. The average molecular weight is 350 g/mol. The molecule has 1 aromatic carbocycles. The number of hydrogen-bond acceptors (Lipinski definition) is 4. The third kappa shape index (κ3) is 8.64. The van der Waals surface area contributed by atoms with Crippen molar-refractivity contribution in [3.8, 4) is 0 Å². The molecule has 0 amide bonds. The lowest BCUT2D eigenvalue weighted by molar-refractivity contribution is -0.105. The molecule has 4 heteroatoms. The van der Waals surface area contributed by atoms with Gasteiger partial charge in [0.25, 0.3) is 0 Å². The molecule has 0 bridgehead atoms. The highest BCUT2D eigenvalue weighted by Crippen LogP contribution is 2.23. The van der Waals surface area contributed by atoms with Crippen molar-refractivity contribution < 1.29 is 9.59 Å². The molecule has 0 saturated heterocycles. The Kier molecular flexibility index (Phi) is 10.6. The highest BCUT2D eigenvalue weighted by atomic mass is 16.1. The highest BCUT2D eigenvalue weighted by Gasteiger charge is 2.03. The molecular formula is C22H26N2O2. The van der Waals surface area contributed by atoms with E-state index in [1.807, 2.05) is 62.4 Å². The lowest BCUT2D eigenvalue weighted by Crippen LogP contribution is -2.05. The molecule has 0 fully saturated rings. The quantitative estimate of drug-likeness (QED) is 0.190. The van der Waals surface area contributed by atoms with Crippen LogP contribution in [-0.2, 0) is 9.59 Å². The van der Waals surface area contributed by atoms with Gasteiger partial charge in [-0.05, 0) is 51.0 Å². The second kappa shape index (κ2) is 13.2. The van der Waals surface area contributed by atoms with Gasteiger partial charge in [-0.1, -0.05) is 48.6 Å². The second-order valence-electron chi connectivity index (χ2n) is 5.47. The van der Waals surface area contributed by atoms with E-state index in [0.717, 1.165) is 42.5 Å². The average Bonchev–Trinajstić information content (AvgIpc) is 2.65. The summed E-state index contributed by atoms with van der Waals surface area (Å²) < 4.78 is 0. The van der Waals surface area contributed by atoms with Gasteiger partial charge in [-0.3, -0.25) is 9.59 Å². The van der Waals surface area contributed by atoms with Gasteiger partial charge in [-0.25, -0.2) is 0 Å². The Balaban J connectivity index is 2.81. The molecule has 0 aliphatic rings. The maximum Gasteiger partial charge on any atom is 0.165 e. The van der Waals surface area contributed by atoms with Gasteiger partial charge in [0.2, 0.25) is 0 Å². The minimum Gasteiger partial charge on any atom is -0.357 e. The van der Waals surface area contributed by atoms with E-state index in [4.69, 9.17) is 0 Å². The Morgan fingerprint density at radius 2 is 1.65 bits per heavy atom. The minimum atomic E-state index is 0.546. The van der Waals surface area contributed by atoms with Crippen LogP contribution in [0.5, 0.6) is 0 Å². The van der Waals surface area contributed by atoms with Crippen LogP contribution in [0.15, 0.2) is 84.3 Å². The van der Waals surface area contributed by atoms with Crippen molar-refractivity contribution in [3.05, 3.63) is 84.3 Å². The Hall–Kier alpha value is -3.14. The van der Waals surface area contributed by atoms with Gasteiger partial charge in [-0.15, -0.1) is 0 Å². The van der Waals surface area contributed by atoms with E-state index in [1.54, 1.807) is 12.2 Å². The van der Waals surface area contributed by atoms with Gasteiger partial charge >= 0.3 is 0 Å². The standard InChI is InChI=1S/C22H26N2O2/c1-3-4-5-9-14-20(18-26)24-22-16-11-10-15-21(22)23-19(2)13-8-6-7-12-17-25/h3-4,6-8,10-18,23-24H,5,9H2,1-2H3/b4-3-,8-6-,12-7-,19-13+,20-14+. The van der Waals surface area contributed by atoms with E-state index in [-0.39, 0.29) is 0 Å².